The first-order chi connectivity index (χ1) is 14.9. The molecule has 0 bridgehead atoms. The summed E-state index contributed by atoms with van der Waals surface area (Å²) >= 11 is 0. The van der Waals surface area contributed by atoms with Crippen LogP contribution in [0.1, 0.15) is 18.4 Å². The number of piperidine rings is 1. The van der Waals surface area contributed by atoms with E-state index in [9.17, 15) is 13.2 Å². The number of anilines is 2. The molecule has 0 aromatic heterocycles. The lowest BCUT2D eigenvalue weighted by Gasteiger charge is -2.31. The fourth-order valence-electron chi connectivity index (χ4n) is 4.06. The zero-order chi connectivity index (χ0) is 21.8. The molecule has 0 unspecified atom stereocenters. The minimum Gasteiger partial charge on any atom is -0.378 e. The van der Waals surface area contributed by atoms with Gasteiger partial charge >= 0.3 is 0 Å². The van der Waals surface area contributed by atoms with Crippen LogP contribution in [0.4, 0.5) is 11.4 Å². The quantitative estimate of drug-likeness (QED) is 0.769. The highest BCUT2D eigenvalue weighted by atomic mass is 32.2. The number of hydrogen-bond acceptors (Lipinski definition) is 5. The van der Waals surface area contributed by atoms with Crippen LogP contribution in [0.15, 0.2) is 53.4 Å². The third-order valence-electron chi connectivity index (χ3n) is 5.97. The number of aryl methyl sites for hydroxylation is 1. The number of rotatable bonds is 5. The highest BCUT2D eigenvalue weighted by Gasteiger charge is 2.32. The van der Waals surface area contributed by atoms with Gasteiger partial charge in [-0.1, -0.05) is 23.8 Å². The summed E-state index contributed by atoms with van der Waals surface area (Å²) in [7, 11) is -3.52. The molecule has 8 heteroatoms. The Kier molecular flexibility index (Phi) is 6.60. The van der Waals surface area contributed by atoms with Gasteiger partial charge in [-0.25, -0.2) is 8.42 Å². The van der Waals surface area contributed by atoms with Crippen molar-refractivity contribution in [2.45, 2.75) is 24.7 Å². The standard InChI is InChI=1S/C23H29N3O4S/c1-18-5-7-22(8-6-18)31(28,29)26-11-9-19(10-12-26)23(27)24-20-3-2-4-21(17-20)25-13-15-30-16-14-25/h2-8,17,19H,9-16H2,1H3,(H,24,27). The summed E-state index contributed by atoms with van der Waals surface area (Å²) < 4.78 is 32.6. The molecule has 4 rings (SSSR count). The Morgan fingerprint density at radius 3 is 2.35 bits per heavy atom. The fraction of sp³-hybridized carbons (Fsp3) is 0.435. The zero-order valence-corrected chi connectivity index (χ0v) is 18.6. The van der Waals surface area contributed by atoms with Crippen molar-refractivity contribution < 1.29 is 17.9 Å². The Morgan fingerprint density at radius 1 is 1.00 bits per heavy atom. The predicted molar refractivity (Wildman–Crippen MR) is 121 cm³/mol. The van der Waals surface area contributed by atoms with Crippen molar-refractivity contribution in [2.75, 3.05) is 49.6 Å². The van der Waals surface area contributed by atoms with Crippen molar-refractivity contribution >= 4 is 27.3 Å². The van der Waals surface area contributed by atoms with E-state index in [4.69, 9.17) is 4.74 Å². The maximum absolute atomic E-state index is 12.9. The van der Waals surface area contributed by atoms with E-state index in [2.05, 4.69) is 10.2 Å². The van der Waals surface area contributed by atoms with Gasteiger partial charge < -0.3 is 15.0 Å². The third kappa shape index (κ3) is 5.08. The molecule has 2 aromatic rings. The molecule has 0 saturated carbocycles. The third-order valence-corrected chi connectivity index (χ3v) is 7.89. The summed E-state index contributed by atoms with van der Waals surface area (Å²) in [6, 6.07) is 14.7. The first kappa shape index (κ1) is 21.8. The summed E-state index contributed by atoms with van der Waals surface area (Å²) in [6.07, 6.45) is 1.03. The molecule has 2 aromatic carbocycles. The fourth-order valence-corrected chi connectivity index (χ4v) is 5.53. The summed E-state index contributed by atoms with van der Waals surface area (Å²) in [4.78, 5) is 15.4. The molecule has 7 nitrogen and oxygen atoms in total. The molecular weight excluding hydrogens is 414 g/mol. The lowest BCUT2D eigenvalue weighted by Crippen LogP contribution is -2.41. The highest BCUT2D eigenvalue weighted by Crippen LogP contribution is 2.26. The molecule has 1 amide bonds. The average Bonchev–Trinajstić information content (AvgIpc) is 2.80. The average molecular weight is 444 g/mol. The van der Waals surface area contributed by atoms with Gasteiger partial charge in [-0.05, 0) is 50.1 Å². The molecule has 0 radical (unpaired) electrons. The normalized spacial score (nSPS) is 18.7. The van der Waals surface area contributed by atoms with Crippen LogP contribution >= 0.6 is 0 Å². The summed E-state index contributed by atoms with van der Waals surface area (Å²) in [6.45, 7) is 5.72. The number of amides is 1. The SMILES string of the molecule is Cc1ccc(S(=O)(=O)N2CCC(C(=O)Nc3cccc(N4CCOCC4)c3)CC2)cc1. The monoisotopic (exact) mass is 443 g/mol. The summed E-state index contributed by atoms with van der Waals surface area (Å²) in [5.74, 6) is -0.247. The van der Waals surface area contributed by atoms with Gasteiger partial charge in [-0.2, -0.15) is 4.31 Å². The van der Waals surface area contributed by atoms with Crippen LogP contribution in [-0.2, 0) is 19.6 Å². The van der Waals surface area contributed by atoms with Crippen LogP contribution in [0.25, 0.3) is 0 Å². The van der Waals surface area contributed by atoms with Crippen LogP contribution in [0.2, 0.25) is 0 Å². The summed E-state index contributed by atoms with van der Waals surface area (Å²) in [5, 5.41) is 3.02. The first-order valence-electron chi connectivity index (χ1n) is 10.7. The molecule has 0 spiro atoms. The topological polar surface area (TPSA) is 79.0 Å². The number of carbonyl (C=O) groups is 1. The van der Waals surface area contributed by atoms with Crippen molar-refractivity contribution in [3.63, 3.8) is 0 Å². The van der Waals surface area contributed by atoms with Crippen molar-refractivity contribution in [2.24, 2.45) is 5.92 Å². The smallest absolute Gasteiger partial charge is 0.243 e. The van der Waals surface area contributed by atoms with Gasteiger partial charge in [0.15, 0.2) is 0 Å². The Hall–Kier alpha value is -2.42. The van der Waals surface area contributed by atoms with Crippen LogP contribution < -0.4 is 10.2 Å². The van der Waals surface area contributed by atoms with Crippen molar-refractivity contribution in [3.05, 3.63) is 54.1 Å². The number of ether oxygens (including phenoxy) is 1. The Labute approximate surface area is 184 Å². The number of carbonyl (C=O) groups excluding carboxylic acids is 1. The maximum atomic E-state index is 12.9. The Morgan fingerprint density at radius 2 is 1.68 bits per heavy atom. The van der Waals surface area contributed by atoms with Gasteiger partial charge in [-0.15, -0.1) is 0 Å². The number of benzene rings is 2. The predicted octanol–water partition coefficient (Wildman–Crippen LogP) is 2.87. The molecule has 2 aliphatic rings. The van der Waals surface area contributed by atoms with E-state index in [0.29, 0.717) is 44.0 Å². The van der Waals surface area contributed by atoms with Crippen LogP contribution in [-0.4, -0.2) is 58.0 Å². The van der Waals surface area contributed by atoms with Crippen molar-refractivity contribution in [1.29, 1.82) is 0 Å². The molecule has 0 atom stereocenters. The molecule has 2 aliphatic heterocycles. The Bertz CT molecular complexity index is 1010. The van der Waals surface area contributed by atoms with E-state index in [-0.39, 0.29) is 11.8 Å². The number of hydrogen-bond donors (Lipinski definition) is 1. The zero-order valence-electron chi connectivity index (χ0n) is 17.8. The van der Waals surface area contributed by atoms with Crippen LogP contribution in [0, 0.1) is 12.8 Å². The number of sulfonamides is 1. The van der Waals surface area contributed by atoms with E-state index < -0.39 is 10.0 Å². The molecule has 0 aliphatic carbocycles. The summed E-state index contributed by atoms with van der Waals surface area (Å²) in [5.41, 5.74) is 2.86. The lowest BCUT2D eigenvalue weighted by molar-refractivity contribution is -0.120. The first-order valence-corrected chi connectivity index (χ1v) is 12.2. The van der Waals surface area contributed by atoms with Crippen LogP contribution in [0.3, 0.4) is 0 Å². The molecular formula is C23H29N3O4S. The van der Waals surface area contributed by atoms with E-state index >= 15 is 0 Å². The van der Waals surface area contributed by atoms with Gasteiger partial charge in [0.25, 0.3) is 0 Å². The van der Waals surface area contributed by atoms with Gasteiger partial charge in [0.2, 0.25) is 15.9 Å². The number of nitrogens with one attached hydrogen (secondary N) is 1. The van der Waals surface area contributed by atoms with E-state index in [0.717, 1.165) is 30.0 Å². The second-order valence-electron chi connectivity index (χ2n) is 8.13. The van der Waals surface area contributed by atoms with Gasteiger partial charge in [0.05, 0.1) is 18.1 Å². The van der Waals surface area contributed by atoms with E-state index in [1.807, 2.05) is 31.2 Å². The van der Waals surface area contributed by atoms with E-state index in [1.54, 1.807) is 24.3 Å². The molecule has 166 valence electrons. The van der Waals surface area contributed by atoms with Gasteiger partial charge in [0.1, 0.15) is 0 Å². The van der Waals surface area contributed by atoms with Gasteiger partial charge in [-0.3, -0.25) is 4.79 Å². The number of morpholine rings is 1. The molecule has 1 N–H and O–H groups in total. The van der Waals surface area contributed by atoms with Crippen molar-refractivity contribution in [3.8, 4) is 0 Å². The number of nitrogens with zero attached hydrogens (tertiary/aromatic N) is 2. The minimum absolute atomic E-state index is 0.0495. The molecule has 31 heavy (non-hydrogen) atoms. The molecule has 2 heterocycles. The lowest BCUT2D eigenvalue weighted by atomic mass is 9.97. The maximum Gasteiger partial charge on any atom is 0.243 e. The Balaban J connectivity index is 1.35. The molecule has 2 saturated heterocycles. The van der Waals surface area contributed by atoms with Gasteiger partial charge in [0, 0.05) is 43.5 Å². The van der Waals surface area contributed by atoms with E-state index in [1.165, 1.54) is 4.31 Å². The minimum atomic E-state index is -3.52. The second-order valence-corrected chi connectivity index (χ2v) is 10.1. The second kappa shape index (κ2) is 9.38. The molecule has 2 fully saturated rings. The largest absolute Gasteiger partial charge is 0.378 e. The van der Waals surface area contributed by atoms with Crippen LogP contribution in [0.5, 0.6) is 0 Å². The highest BCUT2D eigenvalue weighted by molar-refractivity contribution is 7.89. The van der Waals surface area contributed by atoms with Crippen molar-refractivity contribution in [1.82, 2.24) is 4.31 Å².